The molecular formula is C36H47ClN4O10. The second-order valence-electron chi connectivity index (χ2n) is 11.1. The molecule has 51 heavy (non-hydrogen) atoms. The van der Waals surface area contributed by atoms with Gasteiger partial charge in [0, 0.05) is 24.4 Å². The standard InChI is InChI=1S/C36H47ClN4O10/c1-3-40(31-8-6-30(7-9-31)38-39-35-13-10-32(41(44)45)27-34(35)37)14-16-50-33-11-4-29(5-12-33)26-28(2)36(43)51-25-24-49-23-22-48-21-20-47-19-18-46-17-15-42/h4-13,27-28,42H,3,14-26H2,1-2H3. The molecule has 278 valence electrons. The molecule has 0 amide bonds. The van der Waals surface area contributed by atoms with Crippen LogP contribution in [0.4, 0.5) is 22.7 Å². The van der Waals surface area contributed by atoms with E-state index in [2.05, 4.69) is 22.1 Å². The fourth-order valence-electron chi connectivity index (χ4n) is 4.60. The minimum Gasteiger partial charge on any atom is -0.492 e. The van der Waals surface area contributed by atoms with E-state index in [0.29, 0.717) is 83.8 Å². The lowest BCUT2D eigenvalue weighted by Crippen LogP contribution is -2.27. The topological polar surface area (TPSA) is 164 Å². The lowest BCUT2D eigenvalue weighted by molar-refractivity contribution is -0.384. The van der Waals surface area contributed by atoms with E-state index in [4.69, 9.17) is 45.1 Å². The van der Waals surface area contributed by atoms with Gasteiger partial charge in [-0.15, -0.1) is 5.11 Å². The van der Waals surface area contributed by atoms with E-state index in [1.807, 2.05) is 55.5 Å². The summed E-state index contributed by atoms with van der Waals surface area (Å²) in [4.78, 5) is 25.0. The molecule has 0 saturated heterocycles. The van der Waals surface area contributed by atoms with Crippen LogP contribution in [0.25, 0.3) is 0 Å². The molecule has 1 unspecified atom stereocenters. The van der Waals surface area contributed by atoms with Crippen LogP contribution in [0.3, 0.4) is 0 Å². The monoisotopic (exact) mass is 730 g/mol. The summed E-state index contributed by atoms with van der Waals surface area (Å²) in [6, 6.07) is 19.3. The van der Waals surface area contributed by atoms with Gasteiger partial charge < -0.3 is 38.4 Å². The number of azo groups is 1. The van der Waals surface area contributed by atoms with E-state index in [1.165, 1.54) is 18.2 Å². The molecule has 1 N–H and O–H groups in total. The molecule has 14 nitrogen and oxygen atoms in total. The van der Waals surface area contributed by atoms with Crippen molar-refractivity contribution in [2.45, 2.75) is 20.3 Å². The molecule has 0 heterocycles. The fraction of sp³-hybridized carbons (Fsp3) is 0.472. The first kappa shape index (κ1) is 41.2. The SMILES string of the molecule is CCN(CCOc1ccc(CC(C)C(=O)OCCOCCOCCOCCOCCO)cc1)c1ccc(N=Nc2ccc([N+](=O)[O-])cc2Cl)cc1. The smallest absolute Gasteiger partial charge is 0.309 e. The molecule has 0 spiro atoms. The summed E-state index contributed by atoms with van der Waals surface area (Å²) in [5, 5.41) is 28.0. The van der Waals surface area contributed by atoms with Crippen LogP contribution >= 0.6 is 11.6 Å². The molecule has 3 aromatic rings. The van der Waals surface area contributed by atoms with Crippen molar-refractivity contribution in [1.82, 2.24) is 0 Å². The Morgan fingerprint density at radius 2 is 1.45 bits per heavy atom. The molecule has 0 radical (unpaired) electrons. The fourth-order valence-corrected chi connectivity index (χ4v) is 4.82. The van der Waals surface area contributed by atoms with E-state index in [1.54, 1.807) is 0 Å². The first-order chi connectivity index (χ1) is 24.8. The second kappa shape index (κ2) is 24.1. The lowest BCUT2D eigenvalue weighted by Gasteiger charge is -2.23. The number of nitro benzene ring substituents is 1. The number of nitrogens with zero attached hydrogens (tertiary/aromatic N) is 4. The highest BCUT2D eigenvalue weighted by Crippen LogP contribution is 2.31. The summed E-state index contributed by atoms with van der Waals surface area (Å²) in [6.45, 7) is 9.19. The predicted octanol–water partition coefficient (Wildman–Crippen LogP) is 6.35. The zero-order valence-corrected chi connectivity index (χ0v) is 29.9. The van der Waals surface area contributed by atoms with Gasteiger partial charge in [0.2, 0.25) is 0 Å². The number of rotatable bonds is 26. The average Bonchev–Trinajstić information content (AvgIpc) is 3.13. The average molecular weight is 731 g/mol. The molecule has 0 fully saturated rings. The number of hydrogen-bond acceptors (Lipinski definition) is 13. The zero-order valence-electron chi connectivity index (χ0n) is 29.1. The van der Waals surface area contributed by atoms with Crippen LogP contribution < -0.4 is 9.64 Å². The number of carbonyl (C=O) groups is 1. The van der Waals surface area contributed by atoms with Gasteiger partial charge in [-0.05, 0) is 61.4 Å². The Kier molecular flexibility index (Phi) is 19.5. The first-order valence-corrected chi connectivity index (χ1v) is 17.2. The summed E-state index contributed by atoms with van der Waals surface area (Å²) in [5.41, 5.74) is 2.86. The van der Waals surface area contributed by atoms with Gasteiger partial charge in [-0.3, -0.25) is 14.9 Å². The molecular weight excluding hydrogens is 684 g/mol. The molecule has 0 bridgehead atoms. The van der Waals surface area contributed by atoms with Gasteiger partial charge in [0.1, 0.15) is 24.7 Å². The highest BCUT2D eigenvalue weighted by Gasteiger charge is 2.15. The number of nitro groups is 1. The van der Waals surface area contributed by atoms with Crippen LogP contribution in [0.1, 0.15) is 19.4 Å². The summed E-state index contributed by atoms with van der Waals surface area (Å²) >= 11 is 6.10. The third kappa shape index (κ3) is 16.1. The van der Waals surface area contributed by atoms with E-state index in [-0.39, 0.29) is 35.8 Å². The van der Waals surface area contributed by atoms with Crippen molar-refractivity contribution in [2.75, 3.05) is 90.7 Å². The molecule has 0 saturated carbocycles. The van der Waals surface area contributed by atoms with Crippen molar-refractivity contribution in [3.63, 3.8) is 0 Å². The van der Waals surface area contributed by atoms with Crippen molar-refractivity contribution >= 4 is 40.3 Å². The quantitative estimate of drug-likeness (QED) is 0.0322. The maximum atomic E-state index is 12.4. The molecule has 0 aliphatic heterocycles. The number of ether oxygens (including phenoxy) is 6. The van der Waals surface area contributed by atoms with Crippen LogP contribution in [0.5, 0.6) is 5.75 Å². The van der Waals surface area contributed by atoms with Crippen molar-refractivity contribution in [1.29, 1.82) is 0 Å². The maximum Gasteiger partial charge on any atom is 0.309 e. The number of aliphatic hydroxyl groups is 1. The predicted molar refractivity (Wildman–Crippen MR) is 193 cm³/mol. The van der Waals surface area contributed by atoms with E-state index in [0.717, 1.165) is 23.5 Å². The first-order valence-electron chi connectivity index (χ1n) is 16.8. The summed E-state index contributed by atoms with van der Waals surface area (Å²) in [7, 11) is 0. The Bertz CT molecular complexity index is 1480. The van der Waals surface area contributed by atoms with Crippen molar-refractivity contribution in [3.8, 4) is 5.75 Å². The number of hydrogen-bond donors (Lipinski definition) is 1. The largest absolute Gasteiger partial charge is 0.492 e. The van der Waals surface area contributed by atoms with Gasteiger partial charge in [-0.25, -0.2) is 0 Å². The maximum absolute atomic E-state index is 12.4. The van der Waals surface area contributed by atoms with Gasteiger partial charge >= 0.3 is 5.97 Å². The number of aliphatic hydroxyl groups excluding tert-OH is 1. The molecule has 0 aliphatic carbocycles. The number of esters is 1. The van der Waals surface area contributed by atoms with Crippen LogP contribution in [-0.4, -0.2) is 102 Å². The molecule has 3 rings (SSSR count). The van der Waals surface area contributed by atoms with E-state index < -0.39 is 4.92 Å². The van der Waals surface area contributed by atoms with Crippen LogP contribution in [0, 0.1) is 16.0 Å². The molecule has 15 heteroatoms. The third-order valence-electron chi connectivity index (χ3n) is 7.33. The third-order valence-corrected chi connectivity index (χ3v) is 7.64. The number of anilines is 1. The molecule has 1 atom stereocenters. The summed E-state index contributed by atoms with van der Waals surface area (Å²) < 4.78 is 32.6. The number of carbonyl (C=O) groups excluding carboxylic acids is 1. The molecule has 0 aromatic heterocycles. The minimum absolute atomic E-state index is 0.000679. The Balaban J connectivity index is 1.28. The lowest BCUT2D eigenvalue weighted by atomic mass is 10.0. The van der Waals surface area contributed by atoms with Gasteiger partial charge in [-0.2, -0.15) is 5.11 Å². The Hall–Kier alpha value is -4.18. The normalized spacial score (nSPS) is 11.8. The molecule has 3 aromatic carbocycles. The van der Waals surface area contributed by atoms with Crippen LogP contribution in [0.2, 0.25) is 5.02 Å². The highest BCUT2D eigenvalue weighted by molar-refractivity contribution is 6.33. The van der Waals surface area contributed by atoms with Gasteiger partial charge in [-0.1, -0.05) is 30.7 Å². The number of halogens is 1. The van der Waals surface area contributed by atoms with Gasteiger partial charge in [0.25, 0.3) is 5.69 Å². The Morgan fingerprint density at radius 1 is 0.843 bits per heavy atom. The van der Waals surface area contributed by atoms with Gasteiger partial charge in [0.05, 0.1) is 87.6 Å². The minimum atomic E-state index is -0.516. The van der Waals surface area contributed by atoms with Crippen molar-refractivity contribution < 1.29 is 43.2 Å². The van der Waals surface area contributed by atoms with Crippen molar-refractivity contribution in [3.05, 3.63) is 87.4 Å². The summed E-state index contributed by atoms with van der Waals surface area (Å²) in [5.74, 6) is 0.156. The van der Waals surface area contributed by atoms with E-state index in [9.17, 15) is 14.9 Å². The Labute approximate surface area is 303 Å². The second-order valence-corrected chi connectivity index (χ2v) is 11.5. The Morgan fingerprint density at radius 3 is 2.02 bits per heavy atom. The zero-order chi connectivity index (χ0) is 36.7. The van der Waals surface area contributed by atoms with Crippen molar-refractivity contribution in [2.24, 2.45) is 16.1 Å². The number of non-ortho nitro benzene ring substituents is 1. The van der Waals surface area contributed by atoms with Crippen LogP contribution in [-0.2, 0) is 34.9 Å². The highest BCUT2D eigenvalue weighted by atomic mass is 35.5. The van der Waals surface area contributed by atoms with E-state index >= 15 is 0 Å². The van der Waals surface area contributed by atoms with Gasteiger partial charge in [0.15, 0.2) is 0 Å². The number of benzene rings is 3. The van der Waals surface area contributed by atoms with Crippen LogP contribution in [0.15, 0.2) is 77.0 Å². The number of likely N-dealkylation sites (N-methyl/N-ethyl adjacent to an activating group) is 1. The summed E-state index contributed by atoms with van der Waals surface area (Å²) in [6.07, 6.45) is 0.545. The molecule has 0 aliphatic rings.